The molecule has 17 heavy (non-hydrogen) atoms. The van der Waals surface area contributed by atoms with Gasteiger partial charge < -0.3 is 14.6 Å². The number of carbonyl (C=O) groups is 1. The Hall–Kier alpha value is -1.97. The van der Waals surface area contributed by atoms with E-state index in [0.29, 0.717) is 17.9 Å². The van der Waals surface area contributed by atoms with Crippen LogP contribution in [0.3, 0.4) is 0 Å². The third-order valence-electron chi connectivity index (χ3n) is 1.97. The van der Waals surface area contributed by atoms with Gasteiger partial charge in [0.05, 0.1) is 6.61 Å². The maximum Gasteiger partial charge on any atom is 0.328 e. The van der Waals surface area contributed by atoms with Gasteiger partial charge in [-0.25, -0.2) is 4.79 Å². The molecule has 0 aromatic heterocycles. The lowest BCUT2D eigenvalue weighted by atomic mass is 10.3. The summed E-state index contributed by atoms with van der Waals surface area (Å²) >= 11 is 0. The predicted octanol–water partition coefficient (Wildman–Crippen LogP) is 2.50. The molecule has 0 saturated heterocycles. The van der Waals surface area contributed by atoms with Crippen LogP contribution >= 0.6 is 0 Å². The first-order valence-electron chi connectivity index (χ1n) is 5.37. The quantitative estimate of drug-likeness (QED) is 0.771. The molecule has 1 N–H and O–H groups in total. The van der Waals surface area contributed by atoms with Gasteiger partial charge in [-0.1, -0.05) is 0 Å². The standard InChI is InChI=1S/C13H16O4/c1-3-16-11-4-6-12(7-5-11)17-9-10(2)8-13(14)15/h4-8H,3,9H2,1-2H3,(H,14,15)/b10-8+. The predicted molar refractivity (Wildman–Crippen MR) is 64.5 cm³/mol. The normalized spacial score (nSPS) is 11.1. The van der Waals surface area contributed by atoms with E-state index in [0.717, 1.165) is 11.8 Å². The molecule has 0 aliphatic carbocycles. The van der Waals surface area contributed by atoms with Crippen LogP contribution in [0.2, 0.25) is 0 Å². The smallest absolute Gasteiger partial charge is 0.328 e. The number of carboxylic acids is 1. The number of ether oxygens (including phenoxy) is 2. The Bertz CT molecular complexity index is 392. The summed E-state index contributed by atoms with van der Waals surface area (Å²) < 4.78 is 10.7. The minimum absolute atomic E-state index is 0.264. The summed E-state index contributed by atoms with van der Waals surface area (Å²) in [6.07, 6.45) is 1.13. The van der Waals surface area contributed by atoms with E-state index in [1.165, 1.54) is 0 Å². The minimum atomic E-state index is -0.960. The second-order valence-corrected chi connectivity index (χ2v) is 3.52. The summed E-state index contributed by atoms with van der Waals surface area (Å²) in [5, 5.41) is 8.53. The second kappa shape index (κ2) is 6.58. The number of hydrogen-bond acceptors (Lipinski definition) is 3. The van der Waals surface area contributed by atoms with Crippen molar-refractivity contribution in [2.24, 2.45) is 0 Å². The molecule has 0 spiro atoms. The molecule has 0 fully saturated rings. The fourth-order valence-corrected chi connectivity index (χ4v) is 1.25. The van der Waals surface area contributed by atoms with Crippen molar-refractivity contribution < 1.29 is 19.4 Å². The highest BCUT2D eigenvalue weighted by atomic mass is 16.5. The van der Waals surface area contributed by atoms with Gasteiger partial charge in [0, 0.05) is 6.08 Å². The molecule has 0 heterocycles. The van der Waals surface area contributed by atoms with Crippen LogP contribution in [0.5, 0.6) is 11.5 Å². The van der Waals surface area contributed by atoms with Crippen molar-refractivity contribution in [3.63, 3.8) is 0 Å². The molecule has 0 atom stereocenters. The van der Waals surface area contributed by atoms with E-state index < -0.39 is 5.97 Å². The highest BCUT2D eigenvalue weighted by Crippen LogP contribution is 2.17. The van der Waals surface area contributed by atoms with Gasteiger partial charge in [-0.05, 0) is 43.7 Å². The lowest BCUT2D eigenvalue weighted by Crippen LogP contribution is -2.01. The van der Waals surface area contributed by atoms with E-state index >= 15 is 0 Å². The molecule has 0 radical (unpaired) electrons. The summed E-state index contributed by atoms with van der Waals surface area (Å²) in [4.78, 5) is 10.4. The van der Waals surface area contributed by atoms with Crippen molar-refractivity contribution in [3.05, 3.63) is 35.9 Å². The van der Waals surface area contributed by atoms with Gasteiger partial charge in [-0.2, -0.15) is 0 Å². The van der Waals surface area contributed by atoms with Crippen LogP contribution in [-0.2, 0) is 4.79 Å². The molecule has 0 aliphatic rings. The van der Waals surface area contributed by atoms with E-state index in [-0.39, 0.29) is 6.61 Å². The third kappa shape index (κ3) is 5.06. The maximum atomic E-state index is 10.4. The summed E-state index contributed by atoms with van der Waals surface area (Å²) in [5.41, 5.74) is 0.659. The molecule has 0 amide bonds. The van der Waals surface area contributed by atoms with Crippen LogP contribution in [0.25, 0.3) is 0 Å². The van der Waals surface area contributed by atoms with Gasteiger partial charge in [-0.15, -0.1) is 0 Å². The first kappa shape index (κ1) is 13.1. The largest absolute Gasteiger partial charge is 0.494 e. The zero-order chi connectivity index (χ0) is 12.7. The van der Waals surface area contributed by atoms with Crippen molar-refractivity contribution in [3.8, 4) is 11.5 Å². The molecule has 0 unspecified atom stereocenters. The summed E-state index contributed by atoms with van der Waals surface area (Å²) in [7, 11) is 0. The lowest BCUT2D eigenvalue weighted by molar-refractivity contribution is -0.131. The molecule has 0 saturated carbocycles. The van der Waals surface area contributed by atoms with E-state index in [1.54, 1.807) is 19.1 Å². The van der Waals surface area contributed by atoms with Crippen molar-refractivity contribution in [2.75, 3.05) is 13.2 Å². The molecule has 1 aromatic rings. The van der Waals surface area contributed by atoms with E-state index in [4.69, 9.17) is 14.6 Å². The van der Waals surface area contributed by atoms with Crippen molar-refractivity contribution in [1.29, 1.82) is 0 Å². The minimum Gasteiger partial charge on any atom is -0.494 e. The third-order valence-corrected chi connectivity index (χ3v) is 1.97. The number of hydrogen-bond donors (Lipinski definition) is 1. The Morgan fingerprint density at radius 2 is 1.76 bits per heavy atom. The monoisotopic (exact) mass is 236 g/mol. The van der Waals surface area contributed by atoms with Gasteiger partial charge in [-0.3, -0.25) is 0 Å². The lowest BCUT2D eigenvalue weighted by Gasteiger charge is -2.07. The topological polar surface area (TPSA) is 55.8 Å². The zero-order valence-corrected chi connectivity index (χ0v) is 9.97. The van der Waals surface area contributed by atoms with Gasteiger partial charge in [0.25, 0.3) is 0 Å². The molecule has 1 aromatic carbocycles. The van der Waals surface area contributed by atoms with Crippen LogP contribution in [0.4, 0.5) is 0 Å². The Balaban J connectivity index is 2.49. The highest BCUT2D eigenvalue weighted by molar-refractivity contribution is 5.80. The molecule has 0 bridgehead atoms. The molecule has 1 rings (SSSR count). The Morgan fingerprint density at radius 3 is 2.24 bits per heavy atom. The number of carboxylic acid groups (broad SMARTS) is 1. The average Bonchev–Trinajstić information content (AvgIpc) is 2.28. The number of benzene rings is 1. The summed E-state index contributed by atoms with van der Waals surface area (Å²) in [5.74, 6) is 0.516. The Kier molecular flexibility index (Phi) is 5.07. The Morgan fingerprint density at radius 1 is 1.24 bits per heavy atom. The van der Waals surface area contributed by atoms with Crippen molar-refractivity contribution >= 4 is 5.97 Å². The van der Waals surface area contributed by atoms with E-state index in [2.05, 4.69) is 0 Å². The highest BCUT2D eigenvalue weighted by Gasteiger charge is 1.98. The fourth-order valence-electron chi connectivity index (χ4n) is 1.25. The average molecular weight is 236 g/mol. The SMILES string of the molecule is CCOc1ccc(OC/C(C)=C/C(=O)O)cc1. The van der Waals surface area contributed by atoms with Crippen LogP contribution in [0.15, 0.2) is 35.9 Å². The number of aliphatic carboxylic acids is 1. The van der Waals surface area contributed by atoms with Crippen LogP contribution in [-0.4, -0.2) is 24.3 Å². The van der Waals surface area contributed by atoms with Crippen LogP contribution in [0.1, 0.15) is 13.8 Å². The van der Waals surface area contributed by atoms with Gasteiger partial charge in [0.15, 0.2) is 0 Å². The van der Waals surface area contributed by atoms with Crippen LogP contribution < -0.4 is 9.47 Å². The van der Waals surface area contributed by atoms with Gasteiger partial charge in [0.2, 0.25) is 0 Å². The maximum absolute atomic E-state index is 10.4. The Labute approximate surface area is 100 Å². The molecule has 4 heteroatoms. The molecule has 0 aliphatic heterocycles. The second-order valence-electron chi connectivity index (χ2n) is 3.52. The van der Waals surface area contributed by atoms with Crippen molar-refractivity contribution in [2.45, 2.75) is 13.8 Å². The summed E-state index contributed by atoms with van der Waals surface area (Å²) in [6, 6.07) is 7.21. The molecule has 4 nitrogen and oxygen atoms in total. The van der Waals surface area contributed by atoms with E-state index in [1.807, 2.05) is 19.1 Å². The van der Waals surface area contributed by atoms with E-state index in [9.17, 15) is 4.79 Å². The zero-order valence-electron chi connectivity index (χ0n) is 9.97. The van der Waals surface area contributed by atoms with Crippen molar-refractivity contribution in [1.82, 2.24) is 0 Å². The molecular formula is C13H16O4. The molecular weight excluding hydrogens is 220 g/mol. The first-order valence-corrected chi connectivity index (χ1v) is 5.37. The van der Waals surface area contributed by atoms with Crippen LogP contribution in [0, 0.1) is 0 Å². The number of rotatable bonds is 6. The van der Waals surface area contributed by atoms with Gasteiger partial charge >= 0.3 is 5.97 Å². The van der Waals surface area contributed by atoms with Gasteiger partial charge in [0.1, 0.15) is 18.1 Å². The molecule has 92 valence electrons. The summed E-state index contributed by atoms with van der Waals surface area (Å²) in [6.45, 7) is 4.52. The fraction of sp³-hybridized carbons (Fsp3) is 0.308. The first-order chi connectivity index (χ1) is 8.11.